The zero-order valence-corrected chi connectivity index (χ0v) is 12.9. The monoisotopic (exact) mass is 380 g/mol. The molecule has 0 aliphatic carbocycles. The predicted octanol–water partition coefficient (Wildman–Crippen LogP) is 1.04. The molecule has 0 N–H and O–H groups in total. The molecule has 0 aliphatic rings. The van der Waals surface area contributed by atoms with Gasteiger partial charge in [0, 0.05) is 0 Å². The quantitative estimate of drug-likeness (QED) is 0.449. The summed E-state index contributed by atoms with van der Waals surface area (Å²) in [6.07, 6.45) is 0. The molecule has 0 fully saturated rings. The van der Waals surface area contributed by atoms with E-state index in [1.54, 1.807) is 0 Å². The van der Waals surface area contributed by atoms with Crippen LogP contribution in [0.3, 0.4) is 0 Å². The number of non-ortho nitro benzene ring substituents is 2. The van der Waals surface area contributed by atoms with Crippen molar-refractivity contribution in [2.45, 2.75) is 0 Å². The Morgan fingerprint density at radius 2 is 1.00 bits per heavy atom. The third-order valence-corrected chi connectivity index (χ3v) is 7.58. The van der Waals surface area contributed by atoms with Crippen LogP contribution in [-0.4, -0.2) is 29.6 Å². The summed E-state index contributed by atoms with van der Waals surface area (Å²) in [7, 11) is 0. The second kappa shape index (κ2) is 5.86. The van der Waals surface area contributed by atoms with Crippen molar-refractivity contribution in [3.8, 4) is 0 Å². The summed E-state index contributed by atoms with van der Waals surface area (Å²) in [6, 6.07) is 11.1. The molecular weight excluding hydrogens is 371 g/mol. The first-order valence-corrected chi connectivity index (χ1v) is 9.54. The van der Waals surface area contributed by atoms with E-state index in [9.17, 15) is 23.3 Å². The van der Waals surface area contributed by atoms with Gasteiger partial charge in [0.1, 0.15) is 0 Å². The number of nitro benzene ring substituents is 2. The van der Waals surface area contributed by atoms with Gasteiger partial charge < -0.3 is 0 Å². The van der Waals surface area contributed by atoms with Crippen LogP contribution in [-0.2, 0) is 3.08 Å². The van der Waals surface area contributed by atoms with Gasteiger partial charge in [-0.1, -0.05) is 0 Å². The van der Waals surface area contributed by atoms with E-state index in [-0.39, 0.29) is 11.4 Å². The molecule has 0 unspecified atom stereocenters. The fraction of sp³-hybridized carbons (Fsp3) is 0. The fourth-order valence-electron chi connectivity index (χ4n) is 1.64. The SMILES string of the molecule is O=[N+]([O-])c1cc[c]([Sn](=[O])[c]2ccc([N+](=O)[O-])cc2)cc1. The predicted molar refractivity (Wildman–Crippen MR) is 71.9 cm³/mol. The van der Waals surface area contributed by atoms with E-state index in [0.717, 1.165) is 0 Å². The summed E-state index contributed by atoms with van der Waals surface area (Å²) in [5.41, 5.74) is -0.123. The van der Waals surface area contributed by atoms with Gasteiger partial charge in [-0.05, 0) is 0 Å². The van der Waals surface area contributed by atoms with Crippen LogP contribution < -0.4 is 7.16 Å². The number of hydrogen-bond donors (Lipinski definition) is 0. The van der Waals surface area contributed by atoms with E-state index >= 15 is 0 Å². The minimum absolute atomic E-state index is 0.0615. The molecule has 20 heavy (non-hydrogen) atoms. The van der Waals surface area contributed by atoms with Crippen molar-refractivity contribution >= 4 is 38.3 Å². The van der Waals surface area contributed by atoms with Crippen molar-refractivity contribution < 1.29 is 12.9 Å². The number of hydrogen-bond acceptors (Lipinski definition) is 5. The number of benzene rings is 2. The van der Waals surface area contributed by atoms with Crippen molar-refractivity contribution in [1.29, 1.82) is 0 Å². The van der Waals surface area contributed by atoms with Crippen molar-refractivity contribution in [2.24, 2.45) is 0 Å². The molecule has 0 heterocycles. The number of rotatable bonds is 4. The van der Waals surface area contributed by atoms with Crippen LogP contribution >= 0.6 is 0 Å². The Balaban J connectivity index is 2.26. The Morgan fingerprint density at radius 3 is 1.25 bits per heavy atom. The van der Waals surface area contributed by atoms with Gasteiger partial charge in [0.2, 0.25) is 0 Å². The van der Waals surface area contributed by atoms with E-state index in [1.807, 2.05) is 0 Å². The number of nitro groups is 2. The molecular formula is C12H8N2O5Sn. The molecule has 2 aromatic carbocycles. The average Bonchev–Trinajstić information content (AvgIpc) is 2.46. The molecule has 0 spiro atoms. The van der Waals surface area contributed by atoms with E-state index in [2.05, 4.69) is 0 Å². The third-order valence-electron chi connectivity index (χ3n) is 2.68. The van der Waals surface area contributed by atoms with Crippen LogP contribution in [0.2, 0.25) is 0 Å². The zero-order valence-electron chi connectivity index (χ0n) is 10.1. The summed E-state index contributed by atoms with van der Waals surface area (Å²) in [5.74, 6) is 0. The van der Waals surface area contributed by atoms with Crippen LogP contribution in [0.15, 0.2) is 48.5 Å². The molecule has 0 atom stereocenters. The van der Waals surface area contributed by atoms with Gasteiger partial charge in [-0.3, -0.25) is 0 Å². The Kier molecular flexibility index (Phi) is 4.18. The van der Waals surface area contributed by atoms with Crippen LogP contribution in [0.25, 0.3) is 0 Å². The Hall–Kier alpha value is -2.16. The first-order valence-electron chi connectivity index (χ1n) is 5.52. The Morgan fingerprint density at radius 1 is 0.700 bits per heavy atom. The topological polar surface area (TPSA) is 103 Å². The maximum atomic E-state index is 12.3. The molecule has 2 aromatic rings. The number of nitrogens with zero attached hydrogens (tertiary/aromatic N) is 2. The average molecular weight is 379 g/mol. The normalized spacial score (nSPS) is 10.0. The molecule has 0 saturated carbocycles. The molecule has 8 heteroatoms. The van der Waals surface area contributed by atoms with Gasteiger partial charge in [0.25, 0.3) is 0 Å². The van der Waals surface area contributed by atoms with Crippen molar-refractivity contribution in [3.05, 3.63) is 68.8 Å². The summed E-state index contributed by atoms with van der Waals surface area (Å²) in [4.78, 5) is 20.0. The second-order valence-corrected chi connectivity index (χ2v) is 9.11. The summed E-state index contributed by atoms with van der Waals surface area (Å²) in [5, 5.41) is 21.1. The minimum atomic E-state index is -3.33. The van der Waals surface area contributed by atoms with Gasteiger partial charge >= 0.3 is 120 Å². The van der Waals surface area contributed by atoms with Gasteiger partial charge in [0.05, 0.1) is 0 Å². The first kappa shape index (κ1) is 14.3. The van der Waals surface area contributed by atoms with Crippen molar-refractivity contribution in [3.63, 3.8) is 0 Å². The van der Waals surface area contributed by atoms with E-state index in [0.29, 0.717) is 7.16 Å². The van der Waals surface area contributed by atoms with Crippen LogP contribution in [0.1, 0.15) is 0 Å². The van der Waals surface area contributed by atoms with Crippen molar-refractivity contribution in [2.75, 3.05) is 0 Å². The third kappa shape index (κ3) is 3.05. The first-order chi connectivity index (χ1) is 9.49. The molecule has 0 aromatic heterocycles. The zero-order chi connectivity index (χ0) is 14.7. The van der Waals surface area contributed by atoms with E-state index < -0.39 is 29.6 Å². The standard InChI is InChI=1S/2C6H4NO2.O.Sn/c2*8-7(9)6-4-2-1-3-5-6;;/h2*2-5H;;. The van der Waals surface area contributed by atoms with Gasteiger partial charge in [-0.25, -0.2) is 0 Å². The molecule has 0 bridgehead atoms. The molecule has 0 radical (unpaired) electrons. The van der Waals surface area contributed by atoms with Gasteiger partial charge in [-0.15, -0.1) is 0 Å². The van der Waals surface area contributed by atoms with Crippen LogP contribution in [0, 0.1) is 20.2 Å². The van der Waals surface area contributed by atoms with Crippen molar-refractivity contribution in [1.82, 2.24) is 0 Å². The maximum absolute atomic E-state index is 12.3. The summed E-state index contributed by atoms with van der Waals surface area (Å²) >= 11 is -3.33. The fourth-order valence-corrected chi connectivity index (χ4v) is 5.27. The van der Waals surface area contributed by atoms with Crippen LogP contribution in [0.4, 0.5) is 11.4 Å². The summed E-state index contributed by atoms with van der Waals surface area (Å²) in [6.45, 7) is 0. The van der Waals surface area contributed by atoms with E-state index in [4.69, 9.17) is 0 Å². The molecule has 0 amide bonds. The summed E-state index contributed by atoms with van der Waals surface area (Å²) < 4.78 is 13.5. The van der Waals surface area contributed by atoms with Gasteiger partial charge in [-0.2, -0.15) is 0 Å². The molecule has 0 aliphatic heterocycles. The molecule has 7 nitrogen and oxygen atoms in total. The Labute approximate surface area is 120 Å². The molecule has 2 rings (SSSR count). The molecule has 0 saturated heterocycles. The van der Waals surface area contributed by atoms with Gasteiger partial charge in [0.15, 0.2) is 0 Å². The second-order valence-electron chi connectivity index (χ2n) is 3.94. The Bertz CT molecular complexity index is 622. The van der Waals surface area contributed by atoms with Crippen LogP contribution in [0.5, 0.6) is 0 Å². The molecule has 100 valence electrons. The van der Waals surface area contributed by atoms with E-state index in [1.165, 1.54) is 48.5 Å².